The number of halogens is 4. The number of hydrogen-bond donors (Lipinski definition) is 1. The number of rotatable bonds is 9. The van der Waals surface area contributed by atoms with Crippen LogP contribution in [0.1, 0.15) is 55.5 Å². The standard InChI is InChI=1S/C30H38ClF3N4O4/c1-19(2)37(4)26(39)23-9-10-24(35-25(23)31)38-15-12-28(13-16-38)18-21(28)11-14-36(3)27(40)29(41,30(32,33)34)20-7-6-8-22(17-20)42-5/h6-10,17,19,21,41H,11-16,18H2,1-5H3/t21?,29-/m1/s1. The van der Waals surface area contributed by atoms with E-state index in [9.17, 15) is 27.9 Å². The van der Waals surface area contributed by atoms with Crippen molar-refractivity contribution in [2.45, 2.75) is 57.3 Å². The van der Waals surface area contributed by atoms with Gasteiger partial charge in [0.05, 0.1) is 12.7 Å². The Kier molecular flexibility index (Phi) is 9.04. The Balaban J connectivity index is 1.34. The molecule has 1 unspecified atom stereocenters. The molecule has 1 aromatic carbocycles. The first-order valence-corrected chi connectivity index (χ1v) is 14.4. The third-order valence-corrected chi connectivity index (χ3v) is 9.26. The van der Waals surface area contributed by atoms with Crippen LogP contribution in [-0.4, -0.2) is 84.8 Å². The number of methoxy groups -OCH3 is 1. The summed E-state index contributed by atoms with van der Waals surface area (Å²) in [6.07, 6.45) is -1.99. The minimum absolute atomic E-state index is 0.0275. The number of carbonyl (C=O) groups excluding carboxylic acids is 2. The number of aromatic nitrogens is 1. The van der Waals surface area contributed by atoms with Crippen molar-refractivity contribution in [2.75, 3.05) is 45.7 Å². The van der Waals surface area contributed by atoms with E-state index in [4.69, 9.17) is 16.3 Å². The number of ether oxygens (including phenoxy) is 1. The Morgan fingerprint density at radius 2 is 1.86 bits per heavy atom. The number of carbonyl (C=O) groups is 2. The predicted molar refractivity (Wildman–Crippen MR) is 154 cm³/mol. The summed E-state index contributed by atoms with van der Waals surface area (Å²) in [5, 5.41) is 10.9. The Bertz CT molecular complexity index is 1320. The molecule has 1 aliphatic carbocycles. The van der Waals surface area contributed by atoms with Crippen LogP contribution < -0.4 is 9.64 Å². The molecule has 42 heavy (non-hydrogen) atoms. The molecule has 2 amide bonds. The summed E-state index contributed by atoms with van der Waals surface area (Å²) in [5.74, 6) is -0.526. The highest BCUT2D eigenvalue weighted by molar-refractivity contribution is 6.32. The molecule has 12 heteroatoms. The van der Waals surface area contributed by atoms with E-state index in [0.717, 1.165) is 49.4 Å². The zero-order valence-electron chi connectivity index (χ0n) is 24.5. The molecule has 1 spiro atoms. The van der Waals surface area contributed by atoms with Gasteiger partial charge in [0.15, 0.2) is 0 Å². The van der Waals surface area contributed by atoms with Crippen LogP contribution in [0.4, 0.5) is 19.0 Å². The number of piperidine rings is 1. The van der Waals surface area contributed by atoms with E-state index in [-0.39, 0.29) is 40.7 Å². The van der Waals surface area contributed by atoms with Crippen molar-refractivity contribution in [3.8, 4) is 5.75 Å². The third kappa shape index (κ3) is 6.04. The van der Waals surface area contributed by atoms with Gasteiger partial charge in [-0.15, -0.1) is 0 Å². The fraction of sp³-hybridized carbons (Fsp3) is 0.567. The number of alkyl halides is 3. The van der Waals surface area contributed by atoms with E-state index in [1.165, 1.54) is 26.3 Å². The molecule has 0 bridgehead atoms. The summed E-state index contributed by atoms with van der Waals surface area (Å²) in [6.45, 7) is 5.40. The molecule has 8 nitrogen and oxygen atoms in total. The van der Waals surface area contributed by atoms with Gasteiger partial charge in [-0.2, -0.15) is 13.2 Å². The van der Waals surface area contributed by atoms with Gasteiger partial charge in [-0.25, -0.2) is 4.98 Å². The zero-order chi connectivity index (χ0) is 31.0. The van der Waals surface area contributed by atoms with E-state index < -0.39 is 23.2 Å². The maximum Gasteiger partial charge on any atom is 0.430 e. The van der Waals surface area contributed by atoms with E-state index in [1.807, 2.05) is 13.8 Å². The van der Waals surface area contributed by atoms with Crippen molar-refractivity contribution < 1.29 is 32.6 Å². The number of anilines is 1. The van der Waals surface area contributed by atoms with Crippen LogP contribution >= 0.6 is 11.6 Å². The van der Waals surface area contributed by atoms with Crippen LogP contribution in [0.25, 0.3) is 0 Å². The lowest BCUT2D eigenvalue weighted by atomic mass is 9.89. The van der Waals surface area contributed by atoms with Gasteiger partial charge in [0.25, 0.3) is 17.4 Å². The Morgan fingerprint density at radius 1 is 1.19 bits per heavy atom. The Labute approximate surface area is 249 Å². The molecule has 2 aromatic rings. The summed E-state index contributed by atoms with van der Waals surface area (Å²) in [7, 11) is 4.31. The molecule has 230 valence electrons. The van der Waals surface area contributed by atoms with Crippen LogP contribution in [0.3, 0.4) is 0 Å². The molecule has 1 saturated carbocycles. The lowest BCUT2D eigenvalue weighted by molar-refractivity contribution is -0.261. The van der Waals surface area contributed by atoms with Gasteiger partial charge in [-0.1, -0.05) is 23.7 Å². The fourth-order valence-electron chi connectivity index (χ4n) is 5.80. The number of likely N-dealkylation sites (N-methyl/N-ethyl adjacent to an activating group) is 1. The van der Waals surface area contributed by atoms with Gasteiger partial charge in [0.2, 0.25) is 0 Å². The smallest absolute Gasteiger partial charge is 0.430 e. The van der Waals surface area contributed by atoms with Crippen LogP contribution in [0.2, 0.25) is 5.15 Å². The molecule has 2 heterocycles. The van der Waals surface area contributed by atoms with E-state index in [2.05, 4.69) is 9.88 Å². The average molecular weight is 611 g/mol. The number of amides is 2. The molecule has 4 rings (SSSR count). The summed E-state index contributed by atoms with van der Waals surface area (Å²) >= 11 is 6.38. The summed E-state index contributed by atoms with van der Waals surface area (Å²) in [6, 6.07) is 8.39. The molecular weight excluding hydrogens is 573 g/mol. The third-order valence-electron chi connectivity index (χ3n) is 8.97. The topological polar surface area (TPSA) is 86.2 Å². The second-order valence-corrected chi connectivity index (χ2v) is 12.1. The SMILES string of the molecule is COc1cccc([C@@](O)(C(=O)N(C)CCC2CC23CCN(c2ccc(C(=O)N(C)C(C)C)c(Cl)n2)CC3)C(F)(F)F)c1. The Hall–Kier alpha value is -3.05. The highest BCUT2D eigenvalue weighted by Gasteiger charge is 2.62. The van der Waals surface area contributed by atoms with Gasteiger partial charge in [-0.3, -0.25) is 9.59 Å². The molecule has 1 aliphatic heterocycles. The summed E-state index contributed by atoms with van der Waals surface area (Å²) in [5.41, 5.74) is -3.83. The van der Waals surface area contributed by atoms with Gasteiger partial charge in [0, 0.05) is 45.3 Å². The minimum Gasteiger partial charge on any atom is -0.497 e. The molecule has 1 N–H and O–H groups in total. The van der Waals surface area contributed by atoms with Gasteiger partial charge in [0.1, 0.15) is 16.7 Å². The van der Waals surface area contributed by atoms with Crippen LogP contribution in [0.15, 0.2) is 36.4 Å². The molecule has 1 saturated heterocycles. The highest BCUT2D eigenvalue weighted by atomic mass is 35.5. The van der Waals surface area contributed by atoms with Crippen molar-refractivity contribution in [1.29, 1.82) is 0 Å². The normalized spacial score (nSPS) is 19.4. The molecule has 0 radical (unpaired) electrons. The quantitative estimate of drug-likeness (QED) is 0.396. The fourth-order valence-corrected chi connectivity index (χ4v) is 6.03. The van der Waals surface area contributed by atoms with Gasteiger partial charge in [-0.05, 0) is 75.1 Å². The largest absolute Gasteiger partial charge is 0.497 e. The first-order valence-electron chi connectivity index (χ1n) is 14.0. The highest BCUT2D eigenvalue weighted by Crippen LogP contribution is 2.61. The summed E-state index contributed by atoms with van der Waals surface area (Å²) < 4.78 is 47.3. The maximum atomic E-state index is 14.1. The van der Waals surface area contributed by atoms with Crippen molar-refractivity contribution in [1.82, 2.24) is 14.8 Å². The molecule has 2 atom stereocenters. The maximum absolute atomic E-state index is 14.1. The van der Waals surface area contributed by atoms with Gasteiger partial charge >= 0.3 is 6.18 Å². The molecular formula is C30H38ClF3N4O4. The van der Waals surface area contributed by atoms with Crippen LogP contribution in [-0.2, 0) is 10.4 Å². The van der Waals surface area contributed by atoms with E-state index in [1.54, 1.807) is 24.1 Å². The van der Waals surface area contributed by atoms with Crippen LogP contribution in [0, 0.1) is 11.3 Å². The average Bonchev–Trinajstić information content (AvgIpc) is 3.64. The second kappa shape index (κ2) is 11.9. The minimum atomic E-state index is -5.22. The number of pyridine rings is 1. The van der Waals surface area contributed by atoms with E-state index >= 15 is 0 Å². The molecule has 1 aromatic heterocycles. The molecule has 2 aliphatic rings. The first kappa shape index (κ1) is 31.9. The lowest BCUT2D eigenvalue weighted by Gasteiger charge is -2.35. The summed E-state index contributed by atoms with van der Waals surface area (Å²) in [4.78, 5) is 34.9. The monoisotopic (exact) mass is 610 g/mol. The van der Waals surface area contributed by atoms with Crippen molar-refractivity contribution in [3.05, 3.63) is 52.7 Å². The first-order chi connectivity index (χ1) is 19.6. The van der Waals surface area contributed by atoms with Crippen molar-refractivity contribution in [3.63, 3.8) is 0 Å². The number of hydrogen-bond acceptors (Lipinski definition) is 6. The zero-order valence-corrected chi connectivity index (χ0v) is 25.3. The van der Waals surface area contributed by atoms with Gasteiger partial charge < -0.3 is 24.5 Å². The second-order valence-electron chi connectivity index (χ2n) is 11.7. The predicted octanol–water partition coefficient (Wildman–Crippen LogP) is 5.13. The Morgan fingerprint density at radius 3 is 2.43 bits per heavy atom. The molecule has 2 fully saturated rings. The van der Waals surface area contributed by atoms with Crippen molar-refractivity contribution >= 4 is 29.2 Å². The number of aliphatic hydroxyl groups is 1. The lowest BCUT2D eigenvalue weighted by Crippen LogP contribution is -2.55. The van der Waals surface area contributed by atoms with E-state index in [0.29, 0.717) is 17.8 Å². The number of nitrogens with zero attached hydrogens (tertiary/aromatic N) is 4. The van der Waals surface area contributed by atoms with Crippen LogP contribution in [0.5, 0.6) is 5.75 Å². The number of benzene rings is 1. The van der Waals surface area contributed by atoms with Crippen molar-refractivity contribution in [2.24, 2.45) is 11.3 Å².